The molecule has 8 heteroatoms. The Kier molecular flexibility index (Phi) is 5.85. The van der Waals surface area contributed by atoms with Gasteiger partial charge in [0, 0.05) is 25.1 Å². The first-order chi connectivity index (χ1) is 9.40. The molecular weight excluding hydrogens is 274 g/mol. The summed E-state index contributed by atoms with van der Waals surface area (Å²) in [7, 11) is 0. The number of amides is 2. The first-order valence-corrected chi connectivity index (χ1v) is 5.76. The number of rotatable bonds is 6. The van der Waals surface area contributed by atoms with E-state index in [-0.39, 0.29) is 25.1 Å². The van der Waals surface area contributed by atoms with Crippen molar-refractivity contribution in [3.63, 3.8) is 0 Å². The summed E-state index contributed by atoms with van der Waals surface area (Å²) >= 11 is 0. The number of hydrogen-bond acceptors (Lipinski definition) is 3. The topological polar surface area (TPSA) is 98.7 Å². The van der Waals surface area contributed by atoms with E-state index < -0.39 is 29.7 Å². The molecule has 0 aliphatic carbocycles. The van der Waals surface area contributed by atoms with Crippen molar-refractivity contribution in [1.29, 1.82) is 0 Å². The molecule has 0 unspecified atom stereocenters. The van der Waals surface area contributed by atoms with Crippen LogP contribution >= 0.6 is 0 Å². The number of carboxylic acids is 1. The number of halogens is 2. The van der Waals surface area contributed by atoms with Gasteiger partial charge in [-0.25, -0.2) is 18.4 Å². The van der Waals surface area contributed by atoms with Gasteiger partial charge in [0.05, 0.1) is 0 Å². The lowest BCUT2D eigenvalue weighted by molar-refractivity contribution is -0.146. The van der Waals surface area contributed by atoms with Gasteiger partial charge in [-0.05, 0) is 18.2 Å². The van der Waals surface area contributed by atoms with E-state index in [4.69, 9.17) is 10.2 Å². The average Bonchev–Trinajstić information content (AvgIpc) is 2.39. The number of aliphatic carboxylic acids is 1. The van der Waals surface area contributed by atoms with Gasteiger partial charge in [0.1, 0.15) is 11.6 Å². The second kappa shape index (κ2) is 7.39. The zero-order valence-electron chi connectivity index (χ0n) is 10.4. The molecule has 0 aliphatic heterocycles. The van der Waals surface area contributed by atoms with Crippen molar-refractivity contribution < 1.29 is 28.6 Å². The summed E-state index contributed by atoms with van der Waals surface area (Å²) < 4.78 is 26.1. The van der Waals surface area contributed by atoms with Gasteiger partial charge in [0.15, 0.2) is 6.10 Å². The van der Waals surface area contributed by atoms with Crippen molar-refractivity contribution in [2.45, 2.75) is 19.1 Å². The highest BCUT2D eigenvalue weighted by molar-refractivity contribution is 5.74. The van der Waals surface area contributed by atoms with Gasteiger partial charge in [-0.3, -0.25) is 0 Å². The van der Waals surface area contributed by atoms with Crippen LogP contribution in [0.2, 0.25) is 0 Å². The Labute approximate surface area is 113 Å². The molecule has 0 fully saturated rings. The van der Waals surface area contributed by atoms with Gasteiger partial charge in [-0.15, -0.1) is 0 Å². The van der Waals surface area contributed by atoms with Gasteiger partial charge >= 0.3 is 12.0 Å². The molecule has 0 saturated carbocycles. The van der Waals surface area contributed by atoms with Crippen molar-refractivity contribution in [1.82, 2.24) is 10.6 Å². The molecule has 0 bridgehead atoms. The molecule has 0 spiro atoms. The van der Waals surface area contributed by atoms with E-state index in [0.717, 1.165) is 18.2 Å². The molecule has 1 aromatic carbocycles. The van der Waals surface area contributed by atoms with Crippen LogP contribution in [0.1, 0.15) is 12.0 Å². The minimum atomic E-state index is -1.56. The van der Waals surface area contributed by atoms with E-state index in [9.17, 15) is 18.4 Å². The monoisotopic (exact) mass is 288 g/mol. The largest absolute Gasteiger partial charge is 0.479 e. The molecule has 4 N–H and O–H groups in total. The Hall–Kier alpha value is -2.22. The smallest absolute Gasteiger partial charge is 0.332 e. The molecule has 1 atom stereocenters. The Balaban J connectivity index is 2.33. The van der Waals surface area contributed by atoms with Crippen LogP contribution in [0, 0.1) is 11.6 Å². The molecule has 1 rings (SSSR count). The quantitative estimate of drug-likeness (QED) is 0.616. The van der Waals surface area contributed by atoms with E-state index in [1.165, 1.54) is 0 Å². The predicted octanol–water partition coefficient (Wildman–Crippen LogP) is 0.600. The van der Waals surface area contributed by atoms with Gasteiger partial charge in [0.2, 0.25) is 0 Å². The lowest BCUT2D eigenvalue weighted by Crippen LogP contribution is -2.37. The van der Waals surface area contributed by atoms with E-state index >= 15 is 0 Å². The van der Waals surface area contributed by atoms with Crippen LogP contribution in [0.4, 0.5) is 13.6 Å². The number of aliphatic hydroxyl groups excluding tert-OH is 1. The van der Waals surface area contributed by atoms with E-state index in [1.54, 1.807) is 0 Å². The number of benzene rings is 1. The fraction of sp³-hybridized carbons (Fsp3) is 0.333. The minimum Gasteiger partial charge on any atom is -0.479 e. The number of hydrogen-bond donors (Lipinski definition) is 4. The number of carbonyl (C=O) groups is 2. The summed E-state index contributed by atoms with van der Waals surface area (Å²) in [6.07, 6.45) is -1.71. The zero-order chi connectivity index (χ0) is 15.1. The van der Waals surface area contributed by atoms with Crippen LogP contribution in [0.15, 0.2) is 18.2 Å². The molecule has 0 aliphatic rings. The third-order valence-corrected chi connectivity index (χ3v) is 2.44. The lowest BCUT2D eigenvalue weighted by atomic mass is 10.2. The van der Waals surface area contributed by atoms with E-state index in [1.807, 2.05) is 0 Å². The number of aliphatic hydroxyl groups is 1. The number of urea groups is 1. The van der Waals surface area contributed by atoms with Crippen LogP contribution in [0.3, 0.4) is 0 Å². The Morgan fingerprint density at radius 3 is 2.60 bits per heavy atom. The van der Waals surface area contributed by atoms with Gasteiger partial charge in [0.25, 0.3) is 0 Å². The van der Waals surface area contributed by atoms with Gasteiger partial charge in [-0.1, -0.05) is 0 Å². The minimum absolute atomic E-state index is 0.00859. The maximum absolute atomic E-state index is 13.2. The molecule has 0 saturated heterocycles. The Morgan fingerprint density at radius 2 is 1.95 bits per heavy atom. The van der Waals surface area contributed by atoms with Gasteiger partial charge in [-0.2, -0.15) is 0 Å². The highest BCUT2D eigenvalue weighted by Gasteiger charge is 2.13. The second-order valence-corrected chi connectivity index (χ2v) is 3.99. The fourth-order valence-corrected chi connectivity index (χ4v) is 1.36. The predicted molar refractivity (Wildman–Crippen MR) is 64.9 cm³/mol. The summed E-state index contributed by atoms with van der Waals surface area (Å²) in [4.78, 5) is 21.6. The summed E-state index contributed by atoms with van der Waals surface area (Å²) in [6, 6.07) is 2.20. The van der Waals surface area contributed by atoms with Gasteiger partial charge < -0.3 is 20.8 Å². The first-order valence-electron chi connectivity index (χ1n) is 5.76. The van der Waals surface area contributed by atoms with Crippen molar-refractivity contribution in [3.05, 3.63) is 35.4 Å². The first kappa shape index (κ1) is 15.8. The van der Waals surface area contributed by atoms with Crippen LogP contribution in [-0.4, -0.2) is 34.9 Å². The number of carboxylic acid groups (broad SMARTS) is 1. The maximum Gasteiger partial charge on any atom is 0.332 e. The third kappa shape index (κ3) is 5.19. The van der Waals surface area contributed by atoms with Crippen molar-refractivity contribution in [3.8, 4) is 0 Å². The van der Waals surface area contributed by atoms with Crippen molar-refractivity contribution >= 4 is 12.0 Å². The summed E-state index contributed by atoms with van der Waals surface area (Å²) in [6.45, 7) is -0.276. The summed E-state index contributed by atoms with van der Waals surface area (Å²) in [5, 5.41) is 21.9. The molecule has 1 aromatic rings. The fourth-order valence-electron chi connectivity index (χ4n) is 1.36. The zero-order valence-corrected chi connectivity index (χ0v) is 10.4. The maximum atomic E-state index is 13.2. The third-order valence-electron chi connectivity index (χ3n) is 2.44. The molecule has 0 heterocycles. The molecule has 0 aromatic heterocycles. The average molecular weight is 288 g/mol. The normalized spacial score (nSPS) is 11.8. The van der Waals surface area contributed by atoms with Crippen LogP contribution < -0.4 is 10.6 Å². The SMILES string of the molecule is O=C(NCC[C@H](O)C(=O)O)NCc1cc(F)ccc1F. The molecule has 20 heavy (non-hydrogen) atoms. The summed E-state index contributed by atoms with van der Waals surface area (Å²) in [5.41, 5.74) is -0.00859. The summed E-state index contributed by atoms with van der Waals surface area (Å²) in [5.74, 6) is -2.64. The van der Waals surface area contributed by atoms with Crippen LogP contribution in [0.5, 0.6) is 0 Å². The second-order valence-electron chi connectivity index (χ2n) is 3.99. The Bertz CT molecular complexity index is 496. The highest BCUT2D eigenvalue weighted by Crippen LogP contribution is 2.08. The molecule has 6 nitrogen and oxygen atoms in total. The molecule has 2 amide bonds. The molecule has 110 valence electrons. The van der Waals surface area contributed by atoms with E-state index in [0.29, 0.717) is 0 Å². The standard InChI is InChI=1S/C12H14F2N2O4/c13-8-1-2-9(14)7(5-8)6-16-12(20)15-4-3-10(17)11(18)19/h1-2,5,10,17H,3-4,6H2,(H,18,19)(H2,15,16,20)/t10-/m0/s1. The van der Waals surface area contributed by atoms with Crippen LogP contribution in [-0.2, 0) is 11.3 Å². The number of nitrogens with one attached hydrogen (secondary N) is 2. The lowest BCUT2D eigenvalue weighted by Gasteiger charge is -2.09. The Morgan fingerprint density at radius 1 is 1.25 bits per heavy atom. The van der Waals surface area contributed by atoms with Crippen LogP contribution in [0.25, 0.3) is 0 Å². The van der Waals surface area contributed by atoms with Crippen molar-refractivity contribution in [2.75, 3.05) is 6.54 Å². The molecular formula is C12H14F2N2O4. The number of carbonyl (C=O) groups excluding carboxylic acids is 1. The highest BCUT2D eigenvalue weighted by atomic mass is 19.1. The van der Waals surface area contributed by atoms with E-state index in [2.05, 4.69) is 10.6 Å². The molecule has 0 radical (unpaired) electrons. The van der Waals surface area contributed by atoms with Crippen molar-refractivity contribution in [2.24, 2.45) is 0 Å².